The second kappa shape index (κ2) is 4.25. The fourth-order valence-corrected chi connectivity index (χ4v) is 0.798. The highest BCUT2D eigenvalue weighted by molar-refractivity contribution is 7.83. The molecule has 0 bridgehead atoms. The fourth-order valence-electron chi connectivity index (χ4n) is 0.433. The van der Waals surface area contributed by atoms with Crippen LogP contribution in [0.1, 0.15) is 26.7 Å². The molecule has 0 spiro atoms. The number of thiol groups is 1. The van der Waals surface area contributed by atoms with E-state index >= 15 is 0 Å². The molecule has 7 heavy (non-hydrogen) atoms. The van der Waals surface area contributed by atoms with Gasteiger partial charge in [0.2, 0.25) is 0 Å². The van der Waals surface area contributed by atoms with Gasteiger partial charge in [0.15, 0.2) is 0 Å². The predicted octanol–water partition coefficient (Wildman–Crippen LogP) is 2.62. The molecule has 0 N–H and O–H groups in total. The highest BCUT2D eigenvalue weighted by atomic mass is 32.1. The van der Waals surface area contributed by atoms with Crippen molar-refractivity contribution in [1.29, 1.82) is 0 Å². The summed E-state index contributed by atoms with van der Waals surface area (Å²) in [5.41, 5.74) is 1.42. The summed E-state index contributed by atoms with van der Waals surface area (Å²) < 4.78 is 0. The second-order valence-corrected chi connectivity index (χ2v) is 1.75. The van der Waals surface area contributed by atoms with Crippen molar-refractivity contribution in [3.63, 3.8) is 0 Å². The predicted molar refractivity (Wildman–Crippen MR) is 37.7 cm³/mol. The summed E-state index contributed by atoms with van der Waals surface area (Å²) in [6.07, 6.45) is 2.28. The molecule has 0 saturated carbocycles. The summed E-state index contributed by atoms with van der Waals surface area (Å²) >= 11 is 4.01. The van der Waals surface area contributed by atoms with Crippen LogP contribution < -0.4 is 0 Å². The largest absolute Gasteiger partial charge is 0.151 e. The first-order chi connectivity index (χ1) is 3.35. The SMILES string of the molecule is CCC(=CS)CC. The Morgan fingerprint density at radius 1 is 1.43 bits per heavy atom. The van der Waals surface area contributed by atoms with Crippen LogP contribution in [-0.2, 0) is 0 Å². The maximum atomic E-state index is 4.01. The molecule has 0 aliphatic rings. The van der Waals surface area contributed by atoms with Gasteiger partial charge in [0, 0.05) is 0 Å². The Balaban J connectivity index is 3.38. The van der Waals surface area contributed by atoms with Gasteiger partial charge in [-0.1, -0.05) is 19.4 Å². The lowest BCUT2D eigenvalue weighted by molar-refractivity contribution is 0.984. The first-order valence-corrected chi connectivity index (χ1v) is 3.18. The normalized spacial score (nSPS) is 8.43. The van der Waals surface area contributed by atoms with Crippen molar-refractivity contribution in [3.8, 4) is 0 Å². The van der Waals surface area contributed by atoms with Crippen molar-refractivity contribution in [1.82, 2.24) is 0 Å². The Bertz CT molecular complexity index is 58.6. The van der Waals surface area contributed by atoms with Crippen molar-refractivity contribution < 1.29 is 0 Å². The van der Waals surface area contributed by atoms with Crippen LogP contribution >= 0.6 is 12.6 Å². The van der Waals surface area contributed by atoms with Gasteiger partial charge in [-0.25, -0.2) is 0 Å². The summed E-state index contributed by atoms with van der Waals surface area (Å²) in [5, 5.41) is 1.89. The monoisotopic (exact) mass is 116 g/mol. The van der Waals surface area contributed by atoms with E-state index in [-0.39, 0.29) is 0 Å². The molecule has 0 rings (SSSR count). The van der Waals surface area contributed by atoms with E-state index < -0.39 is 0 Å². The molecule has 0 nitrogen and oxygen atoms in total. The highest BCUT2D eigenvalue weighted by Gasteiger charge is 1.82. The van der Waals surface area contributed by atoms with Gasteiger partial charge < -0.3 is 0 Å². The van der Waals surface area contributed by atoms with Crippen LogP contribution in [0.5, 0.6) is 0 Å². The Morgan fingerprint density at radius 3 is 1.86 bits per heavy atom. The maximum Gasteiger partial charge on any atom is -0.0332 e. The minimum Gasteiger partial charge on any atom is -0.151 e. The minimum absolute atomic E-state index is 1.14. The van der Waals surface area contributed by atoms with Gasteiger partial charge in [0.25, 0.3) is 0 Å². The van der Waals surface area contributed by atoms with Crippen molar-refractivity contribution >= 4 is 12.6 Å². The van der Waals surface area contributed by atoms with Gasteiger partial charge in [-0.15, -0.1) is 0 Å². The van der Waals surface area contributed by atoms with E-state index in [2.05, 4.69) is 26.5 Å². The van der Waals surface area contributed by atoms with Gasteiger partial charge in [-0.2, -0.15) is 12.6 Å². The standard InChI is InChI=1S/C6H12S/c1-3-6(4-2)5-7/h5,7H,3-4H2,1-2H3. The van der Waals surface area contributed by atoms with Crippen molar-refractivity contribution in [2.75, 3.05) is 0 Å². The van der Waals surface area contributed by atoms with Gasteiger partial charge >= 0.3 is 0 Å². The third-order valence-electron chi connectivity index (χ3n) is 1.09. The summed E-state index contributed by atoms with van der Waals surface area (Å²) in [4.78, 5) is 0. The Morgan fingerprint density at radius 2 is 1.86 bits per heavy atom. The van der Waals surface area contributed by atoms with E-state index in [0.717, 1.165) is 12.8 Å². The third-order valence-corrected chi connectivity index (χ3v) is 1.46. The van der Waals surface area contributed by atoms with E-state index in [9.17, 15) is 0 Å². The molecule has 0 atom stereocenters. The molecule has 0 fully saturated rings. The average Bonchev–Trinajstić information content (AvgIpc) is 1.72. The number of allylic oxidation sites excluding steroid dienone is 1. The third kappa shape index (κ3) is 2.75. The zero-order valence-electron chi connectivity index (χ0n) is 4.94. The van der Waals surface area contributed by atoms with Gasteiger partial charge in [0.05, 0.1) is 0 Å². The Labute approximate surface area is 51.0 Å². The quantitative estimate of drug-likeness (QED) is 0.527. The molecule has 0 aromatic rings. The van der Waals surface area contributed by atoms with Crippen molar-refractivity contribution in [2.45, 2.75) is 26.7 Å². The fraction of sp³-hybridized carbons (Fsp3) is 0.667. The van der Waals surface area contributed by atoms with Crippen LogP contribution in [0.25, 0.3) is 0 Å². The smallest absolute Gasteiger partial charge is 0.0332 e. The van der Waals surface area contributed by atoms with Crippen molar-refractivity contribution in [3.05, 3.63) is 11.0 Å². The summed E-state index contributed by atoms with van der Waals surface area (Å²) in [6, 6.07) is 0. The molecular weight excluding hydrogens is 104 g/mol. The summed E-state index contributed by atoms with van der Waals surface area (Å²) in [7, 11) is 0. The van der Waals surface area contributed by atoms with Gasteiger partial charge in [-0.05, 0) is 18.2 Å². The molecule has 0 heterocycles. The number of hydrogen-bond donors (Lipinski definition) is 1. The molecule has 0 radical (unpaired) electrons. The molecule has 0 saturated heterocycles. The first-order valence-electron chi connectivity index (χ1n) is 2.67. The number of hydrogen-bond acceptors (Lipinski definition) is 1. The molecule has 0 unspecified atom stereocenters. The molecule has 42 valence electrons. The van der Waals surface area contributed by atoms with Crippen LogP contribution in [0.2, 0.25) is 0 Å². The zero-order chi connectivity index (χ0) is 5.70. The zero-order valence-corrected chi connectivity index (χ0v) is 5.83. The van der Waals surface area contributed by atoms with E-state index in [1.807, 2.05) is 5.41 Å². The Hall–Kier alpha value is 0.0900. The molecule has 0 aromatic carbocycles. The molecule has 0 aliphatic heterocycles. The highest BCUT2D eigenvalue weighted by Crippen LogP contribution is 2.05. The lowest BCUT2D eigenvalue weighted by atomic mass is 10.2. The van der Waals surface area contributed by atoms with E-state index in [1.54, 1.807) is 0 Å². The van der Waals surface area contributed by atoms with E-state index in [4.69, 9.17) is 0 Å². The van der Waals surface area contributed by atoms with E-state index in [1.165, 1.54) is 5.57 Å². The molecule has 0 aromatic heterocycles. The topological polar surface area (TPSA) is 0 Å². The first kappa shape index (κ1) is 7.09. The maximum absolute atomic E-state index is 4.01. The number of rotatable bonds is 2. The van der Waals surface area contributed by atoms with Crippen LogP contribution in [0, 0.1) is 0 Å². The molecule has 1 heteroatoms. The van der Waals surface area contributed by atoms with Crippen LogP contribution in [0.4, 0.5) is 0 Å². The van der Waals surface area contributed by atoms with E-state index in [0.29, 0.717) is 0 Å². The lowest BCUT2D eigenvalue weighted by Crippen LogP contribution is -1.71. The average molecular weight is 116 g/mol. The second-order valence-electron chi connectivity index (χ2n) is 1.49. The van der Waals surface area contributed by atoms with Gasteiger partial charge in [-0.3, -0.25) is 0 Å². The molecule has 0 aliphatic carbocycles. The summed E-state index contributed by atoms with van der Waals surface area (Å²) in [5.74, 6) is 0. The van der Waals surface area contributed by atoms with Crippen LogP contribution in [0.15, 0.2) is 11.0 Å². The molecule has 0 amide bonds. The lowest BCUT2D eigenvalue weighted by Gasteiger charge is -1.92. The molecular formula is C6H12S. The Kier molecular flexibility index (Phi) is 4.31. The van der Waals surface area contributed by atoms with Crippen LogP contribution in [0.3, 0.4) is 0 Å². The van der Waals surface area contributed by atoms with Crippen molar-refractivity contribution in [2.24, 2.45) is 0 Å². The minimum atomic E-state index is 1.14. The summed E-state index contributed by atoms with van der Waals surface area (Å²) in [6.45, 7) is 4.29. The van der Waals surface area contributed by atoms with Crippen LogP contribution in [-0.4, -0.2) is 0 Å². The van der Waals surface area contributed by atoms with Gasteiger partial charge in [0.1, 0.15) is 0 Å².